The molecule has 0 fully saturated rings. The van der Waals surface area contributed by atoms with Gasteiger partial charge in [0.15, 0.2) is 10.9 Å². The number of rotatable bonds is 11. The molecule has 0 bridgehead atoms. The quantitative estimate of drug-likeness (QED) is 0.198. The van der Waals surface area contributed by atoms with Gasteiger partial charge in [0.05, 0.1) is 22.7 Å². The van der Waals surface area contributed by atoms with E-state index in [9.17, 15) is 14.4 Å². The molecule has 3 aromatic rings. The van der Waals surface area contributed by atoms with Crippen LogP contribution in [0, 0.1) is 0 Å². The second-order valence-corrected chi connectivity index (χ2v) is 8.62. The highest BCUT2D eigenvalue weighted by Gasteiger charge is 2.15. The number of aromatic nitrogens is 2. The number of hydrogen-bond acceptors (Lipinski definition) is 6. The molecule has 1 aromatic heterocycles. The molecular weight excluding hydrogens is 438 g/mol. The number of amides is 1. The lowest BCUT2D eigenvalue weighted by Gasteiger charge is -2.14. The highest BCUT2D eigenvalue weighted by atomic mass is 32.2. The fraction of sp³-hybridized carbons (Fsp3) is 0.360. The molecule has 7 nitrogen and oxygen atoms in total. The first-order valence-electron chi connectivity index (χ1n) is 11.0. The Balaban J connectivity index is 1.76. The van der Waals surface area contributed by atoms with Crippen LogP contribution in [-0.4, -0.2) is 40.2 Å². The van der Waals surface area contributed by atoms with Gasteiger partial charge in [0.25, 0.3) is 5.56 Å². The van der Waals surface area contributed by atoms with Gasteiger partial charge in [0.2, 0.25) is 5.91 Å². The summed E-state index contributed by atoms with van der Waals surface area (Å²) < 4.78 is 7.04. The van der Waals surface area contributed by atoms with E-state index in [4.69, 9.17) is 4.74 Å². The smallest absolute Gasteiger partial charge is 0.262 e. The van der Waals surface area contributed by atoms with Gasteiger partial charge in [-0.3, -0.25) is 19.0 Å². The zero-order valence-corrected chi connectivity index (χ0v) is 20.0. The molecule has 0 aliphatic rings. The van der Waals surface area contributed by atoms with Crippen molar-refractivity contribution in [2.75, 3.05) is 19.0 Å². The molecule has 1 heterocycles. The third-order valence-electron chi connectivity index (χ3n) is 5.19. The Kier molecular flexibility index (Phi) is 8.79. The van der Waals surface area contributed by atoms with E-state index < -0.39 is 0 Å². The van der Waals surface area contributed by atoms with Crippen LogP contribution < -0.4 is 10.9 Å². The molecule has 174 valence electrons. The van der Waals surface area contributed by atoms with Gasteiger partial charge in [-0.2, -0.15) is 0 Å². The number of benzene rings is 2. The van der Waals surface area contributed by atoms with Crippen molar-refractivity contribution in [2.24, 2.45) is 0 Å². The minimum Gasteiger partial charge on any atom is -0.382 e. The molecule has 0 saturated carbocycles. The number of ketones is 1. The van der Waals surface area contributed by atoms with Crippen LogP contribution in [0.2, 0.25) is 0 Å². The molecule has 0 radical (unpaired) electrons. The first-order valence-corrected chi connectivity index (χ1v) is 12.0. The summed E-state index contributed by atoms with van der Waals surface area (Å²) in [5.74, 6) is 0.00727. The minimum atomic E-state index is -0.131. The SMILES string of the molecule is CCOCCCn1c(SCC(=O)c2ccc(C(C)NC(C)=O)cc2)nc2ccccc2c1=O. The van der Waals surface area contributed by atoms with Gasteiger partial charge in [-0.05, 0) is 38.0 Å². The number of carbonyl (C=O) groups is 2. The summed E-state index contributed by atoms with van der Waals surface area (Å²) in [5.41, 5.74) is 2.01. The van der Waals surface area contributed by atoms with Crippen LogP contribution in [0.5, 0.6) is 0 Å². The lowest BCUT2D eigenvalue weighted by atomic mass is 10.0. The molecule has 33 heavy (non-hydrogen) atoms. The summed E-state index contributed by atoms with van der Waals surface area (Å²) in [7, 11) is 0. The van der Waals surface area contributed by atoms with Gasteiger partial charge in [0, 0.05) is 32.2 Å². The van der Waals surface area contributed by atoms with E-state index in [2.05, 4.69) is 10.3 Å². The summed E-state index contributed by atoms with van der Waals surface area (Å²) in [6, 6.07) is 14.3. The number of hydrogen-bond donors (Lipinski definition) is 1. The molecule has 1 atom stereocenters. The van der Waals surface area contributed by atoms with E-state index in [-0.39, 0.29) is 29.0 Å². The van der Waals surface area contributed by atoms with Gasteiger partial charge in [-0.15, -0.1) is 0 Å². The van der Waals surface area contributed by atoms with E-state index in [1.54, 1.807) is 22.8 Å². The van der Waals surface area contributed by atoms with Crippen molar-refractivity contribution >= 4 is 34.4 Å². The average molecular weight is 468 g/mol. The maximum atomic E-state index is 13.1. The number of ether oxygens (including phenoxy) is 1. The van der Waals surface area contributed by atoms with E-state index in [0.29, 0.717) is 47.8 Å². The number of fused-ring (bicyclic) bond motifs is 1. The predicted molar refractivity (Wildman–Crippen MR) is 131 cm³/mol. The molecule has 0 spiro atoms. The molecule has 8 heteroatoms. The summed E-state index contributed by atoms with van der Waals surface area (Å²) in [6.07, 6.45) is 0.684. The second kappa shape index (κ2) is 11.8. The Morgan fingerprint density at radius 2 is 1.88 bits per heavy atom. The lowest BCUT2D eigenvalue weighted by molar-refractivity contribution is -0.119. The van der Waals surface area contributed by atoms with Crippen LogP contribution in [0.3, 0.4) is 0 Å². The highest BCUT2D eigenvalue weighted by Crippen LogP contribution is 2.20. The Hall–Kier alpha value is -2.97. The van der Waals surface area contributed by atoms with Crippen LogP contribution >= 0.6 is 11.8 Å². The van der Waals surface area contributed by atoms with Crippen LogP contribution in [0.25, 0.3) is 10.9 Å². The monoisotopic (exact) mass is 467 g/mol. The standard InChI is InChI=1S/C25H29N3O4S/c1-4-32-15-7-14-28-24(31)21-8-5-6-9-22(21)27-25(28)33-16-23(30)20-12-10-19(11-13-20)17(2)26-18(3)29/h5-6,8-13,17H,4,7,14-16H2,1-3H3,(H,26,29). The summed E-state index contributed by atoms with van der Waals surface area (Å²) in [5, 5.41) is 3.92. The van der Waals surface area contributed by atoms with Crippen LogP contribution in [-0.2, 0) is 16.1 Å². The molecule has 0 aliphatic heterocycles. The third-order valence-corrected chi connectivity index (χ3v) is 6.16. The Morgan fingerprint density at radius 3 is 2.58 bits per heavy atom. The highest BCUT2D eigenvalue weighted by molar-refractivity contribution is 7.99. The zero-order valence-electron chi connectivity index (χ0n) is 19.2. The molecular formula is C25H29N3O4S. The fourth-order valence-electron chi connectivity index (χ4n) is 3.48. The van der Waals surface area contributed by atoms with Crippen molar-refractivity contribution in [3.63, 3.8) is 0 Å². The largest absolute Gasteiger partial charge is 0.382 e. The van der Waals surface area contributed by atoms with Crippen molar-refractivity contribution in [1.82, 2.24) is 14.9 Å². The van der Waals surface area contributed by atoms with Crippen molar-refractivity contribution < 1.29 is 14.3 Å². The van der Waals surface area contributed by atoms with E-state index in [1.165, 1.54) is 18.7 Å². The first-order chi connectivity index (χ1) is 15.9. The van der Waals surface area contributed by atoms with Gasteiger partial charge >= 0.3 is 0 Å². The molecule has 1 amide bonds. The number of carbonyl (C=O) groups excluding carboxylic acids is 2. The summed E-state index contributed by atoms with van der Waals surface area (Å²) >= 11 is 1.27. The topological polar surface area (TPSA) is 90.3 Å². The number of thioether (sulfide) groups is 1. The maximum absolute atomic E-state index is 13.1. The van der Waals surface area contributed by atoms with Crippen LogP contribution in [0.1, 0.15) is 49.2 Å². The Morgan fingerprint density at radius 1 is 1.15 bits per heavy atom. The minimum absolute atomic E-state index is 0.0537. The van der Waals surface area contributed by atoms with Crippen molar-refractivity contribution in [3.8, 4) is 0 Å². The molecule has 2 aromatic carbocycles. The zero-order chi connectivity index (χ0) is 23.8. The van der Waals surface area contributed by atoms with Crippen LogP contribution in [0.4, 0.5) is 0 Å². The van der Waals surface area contributed by atoms with Crippen LogP contribution in [0.15, 0.2) is 58.5 Å². The first kappa shape index (κ1) is 24.7. The lowest BCUT2D eigenvalue weighted by Crippen LogP contribution is -2.24. The van der Waals surface area contributed by atoms with E-state index in [0.717, 1.165) is 5.56 Å². The predicted octanol–water partition coefficient (Wildman–Crippen LogP) is 4.00. The Labute approximate surface area is 197 Å². The second-order valence-electron chi connectivity index (χ2n) is 7.67. The maximum Gasteiger partial charge on any atom is 0.262 e. The van der Waals surface area contributed by atoms with Gasteiger partial charge < -0.3 is 10.1 Å². The van der Waals surface area contributed by atoms with Crippen molar-refractivity contribution in [2.45, 2.75) is 44.9 Å². The normalized spacial score (nSPS) is 12.0. The number of Topliss-reactive ketones (excluding diaryl/α,β-unsaturated/α-hetero) is 1. The molecule has 1 unspecified atom stereocenters. The van der Waals surface area contributed by atoms with E-state index >= 15 is 0 Å². The van der Waals surface area contributed by atoms with E-state index in [1.807, 2.05) is 44.2 Å². The van der Waals surface area contributed by atoms with Gasteiger partial charge in [-0.25, -0.2) is 4.98 Å². The van der Waals surface area contributed by atoms with Gasteiger partial charge in [0.1, 0.15) is 0 Å². The molecule has 1 N–H and O–H groups in total. The van der Waals surface area contributed by atoms with Crippen molar-refractivity contribution in [1.29, 1.82) is 0 Å². The summed E-state index contributed by atoms with van der Waals surface area (Å²) in [6.45, 7) is 6.96. The average Bonchev–Trinajstić information content (AvgIpc) is 2.81. The fourth-order valence-corrected chi connectivity index (χ4v) is 4.40. The molecule has 0 aliphatic carbocycles. The van der Waals surface area contributed by atoms with Gasteiger partial charge in [-0.1, -0.05) is 48.2 Å². The molecule has 0 saturated heterocycles. The number of nitrogens with one attached hydrogen (secondary N) is 1. The number of nitrogens with zero attached hydrogens (tertiary/aromatic N) is 2. The molecule has 3 rings (SSSR count). The third kappa shape index (κ3) is 6.52. The van der Waals surface area contributed by atoms with Crippen molar-refractivity contribution in [3.05, 3.63) is 70.0 Å². The number of para-hydroxylation sites is 1. The Bertz CT molecular complexity index is 1170. The summed E-state index contributed by atoms with van der Waals surface area (Å²) in [4.78, 5) is 41.8.